The van der Waals surface area contributed by atoms with Gasteiger partial charge in [0, 0.05) is 24.0 Å². The Balaban J connectivity index is 2.34. The highest BCUT2D eigenvalue weighted by atomic mass is 15.0. The molecule has 0 aliphatic heterocycles. The summed E-state index contributed by atoms with van der Waals surface area (Å²) in [5.41, 5.74) is 10.9. The van der Waals surface area contributed by atoms with Gasteiger partial charge in [-0.2, -0.15) is 0 Å². The zero-order valence-corrected chi connectivity index (χ0v) is 12.6. The fourth-order valence-electron chi connectivity index (χ4n) is 2.81. The van der Waals surface area contributed by atoms with Crippen molar-refractivity contribution in [3.8, 4) is 0 Å². The van der Waals surface area contributed by atoms with E-state index in [-0.39, 0.29) is 6.04 Å². The molecule has 1 atom stereocenters. The number of hydrogen-bond donors (Lipinski definition) is 1. The normalized spacial score (nSPS) is 20.3. The summed E-state index contributed by atoms with van der Waals surface area (Å²) in [4.78, 5) is 0. The average molecular weight is 248 g/mol. The van der Waals surface area contributed by atoms with Crippen molar-refractivity contribution in [2.75, 3.05) is 0 Å². The van der Waals surface area contributed by atoms with Crippen LogP contribution in [0.3, 0.4) is 0 Å². The fraction of sp³-hybridized carbons (Fsp3) is 0.750. The molecule has 0 fully saturated rings. The molecule has 0 saturated heterocycles. The van der Waals surface area contributed by atoms with Crippen molar-refractivity contribution in [3.63, 3.8) is 0 Å². The van der Waals surface area contributed by atoms with Crippen LogP contribution in [0.15, 0.2) is 6.07 Å². The van der Waals surface area contributed by atoms with Crippen LogP contribution in [0.25, 0.3) is 0 Å². The molecule has 0 aromatic carbocycles. The molecule has 2 nitrogen and oxygen atoms in total. The number of aryl methyl sites for hydroxylation is 1. The second-order valence-corrected chi connectivity index (χ2v) is 6.92. The van der Waals surface area contributed by atoms with Crippen LogP contribution in [0.2, 0.25) is 0 Å². The van der Waals surface area contributed by atoms with Crippen LogP contribution in [0.1, 0.15) is 63.5 Å². The number of nitrogens with two attached hydrogens (primary N) is 1. The number of nitrogens with zero attached hydrogens (tertiary/aromatic N) is 1. The molecule has 2 heteroatoms. The van der Waals surface area contributed by atoms with Gasteiger partial charge >= 0.3 is 0 Å². The zero-order chi connectivity index (χ0) is 13.5. The lowest BCUT2D eigenvalue weighted by Crippen LogP contribution is -2.28. The van der Waals surface area contributed by atoms with E-state index < -0.39 is 0 Å². The standard InChI is InChI=1S/C16H28N2/c1-11(2)16(4,5)10-18-12(3)9-13-14(17)7-6-8-15(13)18/h9,11,14H,6-8,10,17H2,1-5H3. The molecule has 0 amide bonds. The predicted octanol–water partition coefficient (Wildman–Crippen LogP) is 3.81. The number of hydrogen-bond acceptors (Lipinski definition) is 1. The van der Waals surface area contributed by atoms with E-state index in [0.717, 1.165) is 13.0 Å². The van der Waals surface area contributed by atoms with E-state index in [4.69, 9.17) is 5.73 Å². The van der Waals surface area contributed by atoms with Gasteiger partial charge in [-0.3, -0.25) is 0 Å². The molecule has 102 valence electrons. The Morgan fingerprint density at radius 1 is 1.44 bits per heavy atom. The zero-order valence-electron chi connectivity index (χ0n) is 12.6. The Morgan fingerprint density at radius 2 is 2.11 bits per heavy atom. The van der Waals surface area contributed by atoms with Gasteiger partial charge in [0.05, 0.1) is 0 Å². The van der Waals surface area contributed by atoms with Gasteiger partial charge in [-0.05, 0) is 49.1 Å². The van der Waals surface area contributed by atoms with E-state index in [9.17, 15) is 0 Å². The molecule has 1 unspecified atom stereocenters. The van der Waals surface area contributed by atoms with Crippen molar-refractivity contribution in [3.05, 3.63) is 23.0 Å². The minimum absolute atomic E-state index is 0.260. The molecule has 1 aliphatic rings. The van der Waals surface area contributed by atoms with Gasteiger partial charge in [-0.1, -0.05) is 27.7 Å². The summed E-state index contributed by atoms with van der Waals surface area (Å²) in [5.74, 6) is 0.687. The maximum atomic E-state index is 6.24. The number of aromatic nitrogens is 1. The van der Waals surface area contributed by atoms with Crippen molar-refractivity contribution in [2.45, 2.75) is 66.5 Å². The molecule has 1 heterocycles. The van der Waals surface area contributed by atoms with Gasteiger partial charge in [0.15, 0.2) is 0 Å². The second-order valence-electron chi connectivity index (χ2n) is 6.92. The monoisotopic (exact) mass is 248 g/mol. The quantitative estimate of drug-likeness (QED) is 0.866. The molecule has 18 heavy (non-hydrogen) atoms. The summed E-state index contributed by atoms with van der Waals surface area (Å²) in [7, 11) is 0. The van der Waals surface area contributed by atoms with Gasteiger partial charge in [-0.15, -0.1) is 0 Å². The topological polar surface area (TPSA) is 30.9 Å². The minimum atomic E-state index is 0.260. The molecule has 2 rings (SSSR count). The van der Waals surface area contributed by atoms with Gasteiger partial charge in [0.25, 0.3) is 0 Å². The summed E-state index contributed by atoms with van der Waals surface area (Å²) in [6, 6.07) is 2.58. The Labute approximate surface area is 112 Å². The first-order valence-electron chi connectivity index (χ1n) is 7.27. The van der Waals surface area contributed by atoms with Crippen LogP contribution in [-0.2, 0) is 13.0 Å². The van der Waals surface area contributed by atoms with E-state index in [1.54, 1.807) is 0 Å². The summed E-state index contributed by atoms with van der Waals surface area (Å²) < 4.78 is 2.52. The highest BCUT2D eigenvalue weighted by Crippen LogP contribution is 2.35. The second kappa shape index (κ2) is 4.73. The van der Waals surface area contributed by atoms with Gasteiger partial charge < -0.3 is 10.3 Å². The molecule has 1 aliphatic carbocycles. The first kappa shape index (κ1) is 13.7. The molecule has 0 radical (unpaired) electrons. The van der Waals surface area contributed by atoms with E-state index in [0.29, 0.717) is 11.3 Å². The van der Waals surface area contributed by atoms with Crippen molar-refractivity contribution in [1.82, 2.24) is 4.57 Å². The summed E-state index contributed by atoms with van der Waals surface area (Å²) in [6.07, 6.45) is 3.58. The predicted molar refractivity (Wildman–Crippen MR) is 77.7 cm³/mol. The Kier molecular flexibility index (Phi) is 3.59. The highest BCUT2D eigenvalue weighted by molar-refractivity contribution is 5.32. The molecule has 1 aromatic rings. The van der Waals surface area contributed by atoms with Crippen molar-refractivity contribution in [2.24, 2.45) is 17.1 Å². The Bertz CT molecular complexity index is 427. The first-order chi connectivity index (χ1) is 8.33. The van der Waals surface area contributed by atoms with Crippen molar-refractivity contribution >= 4 is 0 Å². The summed E-state index contributed by atoms with van der Waals surface area (Å²) in [5, 5.41) is 0. The van der Waals surface area contributed by atoms with E-state index in [2.05, 4.69) is 45.3 Å². The number of rotatable bonds is 3. The van der Waals surface area contributed by atoms with Crippen LogP contribution in [0.5, 0.6) is 0 Å². The number of fused-ring (bicyclic) bond motifs is 1. The van der Waals surface area contributed by atoms with Crippen molar-refractivity contribution < 1.29 is 0 Å². The van der Waals surface area contributed by atoms with Crippen LogP contribution in [-0.4, -0.2) is 4.57 Å². The minimum Gasteiger partial charge on any atom is -0.348 e. The SMILES string of the molecule is Cc1cc2c(n1CC(C)(C)C(C)C)CCCC2N. The molecule has 2 N–H and O–H groups in total. The molecule has 0 saturated carbocycles. The molecular formula is C16H28N2. The third kappa shape index (κ3) is 2.35. The fourth-order valence-corrected chi connectivity index (χ4v) is 2.81. The molecule has 0 spiro atoms. The lowest BCUT2D eigenvalue weighted by molar-refractivity contribution is 0.206. The lowest BCUT2D eigenvalue weighted by Gasteiger charge is -2.32. The smallest absolute Gasteiger partial charge is 0.0313 e. The average Bonchev–Trinajstić information content (AvgIpc) is 2.57. The van der Waals surface area contributed by atoms with Gasteiger partial charge in [-0.25, -0.2) is 0 Å². The lowest BCUT2D eigenvalue weighted by atomic mass is 9.81. The molecule has 1 aromatic heterocycles. The largest absolute Gasteiger partial charge is 0.348 e. The van der Waals surface area contributed by atoms with E-state index in [1.807, 2.05) is 0 Å². The van der Waals surface area contributed by atoms with Crippen LogP contribution < -0.4 is 5.73 Å². The summed E-state index contributed by atoms with van der Waals surface area (Å²) in [6.45, 7) is 12.7. The van der Waals surface area contributed by atoms with E-state index >= 15 is 0 Å². The Morgan fingerprint density at radius 3 is 2.72 bits per heavy atom. The van der Waals surface area contributed by atoms with Gasteiger partial charge in [0.1, 0.15) is 0 Å². The molecule has 0 bridgehead atoms. The van der Waals surface area contributed by atoms with Crippen LogP contribution in [0.4, 0.5) is 0 Å². The highest BCUT2D eigenvalue weighted by Gasteiger charge is 2.27. The third-order valence-corrected chi connectivity index (χ3v) is 4.91. The van der Waals surface area contributed by atoms with E-state index in [1.165, 1.54) is 29.8 Å². The third-order valence-electron chi connectivity index (χ3n) is 4.91. The summed E-state index contributed by atoms with van der Waals surface area (Å²) >= 11 is 0. The maximum absolute atomic E-state index is 6.24. The van der Waals surface area contributed by atoms with Crippen LogP contribution >= 0.6 is 0 Å². The van der Waals surface area contributed by atoms with Gasteiger partial charge in [0.2, 0.25) is 0 Å². The molecular weight excluding hydrogens is 220 g/mol. The maximum Gasteiger partial charge on any atom is 0.0313 e. The Hall–Kier alpha value is -0.760. The van der Waals surface area contributed by atoms with Crippen molar-refractivity contribution in [1.29, 1.82) is 0 Å². The first-order valence-corrected chi connectivity index (χ1v) is 7.27. The van der Waals surface area contributed by atoms with Crippen LogP contribution in [0, 0.1) is 18.3 Å².